The summed E-state index contributed by atoms with van der Waals surface area (Å²) >= 11 is 0. The number of rotatable bonds is 6. The Hall–Kier alpha value is -3.42. The number of carbonyl (C=O) groups is 1. The van der Waals surface area contributed by atoms with E-state index in [1.807, 2.05) is 0 Å². The van der Waals surface area contributed by atoms with E-state index in [0.29, 0.717) is 17.1 Å². The number of hydrazone groups is 1. The average Bonchev–Trinajstić information content (AvgIpc) is 2.61. The van der Waals surface area contributed by atoms with E-state index in [1.165, 1.54) is 38.6 Å². The lowest BCUT2D eigenvalue weighted by atomic mass is 10.2. The van der Waals surface area contributed by atoms with Gasteiger partial charge in [0.2, 0.25) is 0 Å². The summed E-state index contributed by atoms with van der Waals surface area (Å²) in [6.07, 6.45) is 1.22. The van der Waals surface area contributed by atoms with Gasteiger partial charge < -0.3 is 9.47 Å². The third-order valence-corrected chi connectivity index (χ3v) is 3.15. The molecule has 8 nitrogen and oxygen atoms in total. The van der Waals surface area contributed by atoms with E-state index >= 15 is 0 Å². The molecule has 0 atom stereocenters. The van der Waals surface area contributed by atoms with Gasteiger partial charge in [-0.3, -0.25) is 14.9 Å². The van der Waals surface area contributed by atoms with Gasteiger partial charge in [0.15, 0.2) is 11.5 Å². The van der Waals surface area contributed by atoms with Crippen molar-refractivity contribution in [1.29, 1.82) is 0 Å². The number of hydrogen-bond donors (Lipinski definition) is 1. The van der Waals surface area contributed by atoms with Crippen LogP contribution in [-0.4, -0.2) is 31.3 Å². The molecule has 2 aromatic rings. The summed E-state index contributed by atoms with van der Waals surface area (Å²) in [5, 5.41) is 14.7. The van der Waals surface area contributed by atoms with Crippen LogP contribution in [0.15, 0.2) is 47.6 Å². The molecule has 0 heterocycles. The molecule has 0 spiro atoms. The first-order valence-corrected chi connectivity index (χ1v) is 6.85. The molecule has 0 saturated heterocycles. The highest BCUT2D eigenvalue weighted by Gasteiger charge is 2.12. The third-order valence-electron chi connectivity index (χ3n) is 3.15. The Morgan fingerprint density at radius 1 is 1.17 bits per heavy atom. The van der Waals surface area contributed by atoms with Crippen molar-refractivity contribution >= 4 is 17.8 Å². The monoisotopic (exact) mass is 329 g/mol. The van der Waals surface area contributed by atoms with Crippen LogP contribution < -0.4 is 14.9 Å². The molecule has 1 amide bonds. The molecule has 24 heavy (non-hydrogen) atoms. The lowest BCUT2D eigenvalue weighted by Gasteiger charge is -2.08. The topological polar surface area (TPSA) is 103 Å². The van der Waals surface area contributed by atoms with Crippen molar-refractivity contribution in [3.05, 3.63) is 63.7 Å². The number of carbonyl (C=O) groups excluding carboxylic acids is 1. The second-order valence-corrected chi connectivity index (χ2v) is 4.58. The number of nitro benzene ring substituents is 1. The fourth-order valence-electron chi connectivity index (χ4n) is 1.97. The Kier molecular flexibility index (Phi) is 5.45. The van der Waals surface area contributed by atoms with Crippen LogP contribution >= 0.6 is 0 Å². The Morgan fingerprint density at radius 2 is 1.88 bits per heavy atom. The zero-order chi connectivity index (χ0) is 17.5. The summed E-state index contributed by atoms with van der Waals surface area (Å²) in [6.45, 7) is 0. The molecule has 0 aliphatic heterocycles. The van der Waals surface area contributed by atoms with E-state index in [2.05, 4.69) is 10.5 Å². The fraction of sp³-hybridized carbons (Fsp3) is 0.125. The van der Waals surface area contributed by atoms with Crippen LogP contribution in [0.25, 0.3) is 0 Å². The largest absolute Gasteiger partial charge is 0.493 e. The van der Waals surface area contributed by atoms with Crippen molar-refractivity contribution in [2.45, 2.75) is 0 Å². The average molecular weight is 329 g/mol. The van der Waals surface area contributed by atoms with Gasteiger partial charge in [0.1, 0.15) is 0 Å². The van der Waals surface area contributed by atoms with Gasteiger partial charge >= 0.3 is 0 Å². The predicted octanol–water partition coefficient (Wildman–Crippen LogP) is 2.38. The van der Waals surface area contributed by atoms with Gasteiger partial charge in [-0.1, -0.05) is 12.1 Å². The van der Waals surface area contributed by atoms with Crippen LogP contribution in [0.2, 0.25) is 0 Å². The van der Waals surface area contributed by atoms with Crippen molar-refractivity contribution in [3.8, 4) is 11.5 Å². The number of amides is 1. The van der Waals surface area contributed by atoms with Gasteiger partial charge in [0, 0.05) is 11.6 Å². The molecule has 2 rings (SSSR count). The van der Waals surface area contributed by atoms with Crippen LogP contribution in [0.1, 0.15) is 15.9 Å². The van der Waals surface area contributed by atoms with Crippen molar-refractivity contribution in [3.63, 3.8) is 0 Å². The molecule has 0 saturated carbocycles. The van der Waals surface area contributed by atoms with E-state index in [4.69, 9.17) is 9.47 Å². The second-order valence-electron chi connectivity index (χ2n) is 4.58. The maximum absolute atomic E-state index is 12.1. The number of para-hydroxylation sites is 1. The van der Waals surface area contributed by atoms with Crippen LogP contribution in [0, 0.1) is 10.1 Å². The Morgan fingerprint density at radius 3 is 2.54 bits per heavy atom. The molecular formula is C16H15N3O5. The van der Waals surface area contributed by atoms with Crippen LogP contribution in [0.4, 0.5) is 5.69 Å². The summed E-state index contributed by atoms with van der Waals surface area (Å²) < 4.78 is 10.2. The van der Waals surface area contributed by atoms with Crippen LogP contribution in [0.5, 0.6) is 11.5 Å². The summed E-state index contributed by atoms with van der Waals surface area (Å²) in [4.78, 5) is 22.5. The SMILES string of the molecule is COc1ccc(C(=O)NN=Cc2ccccc2[N+](=O)[O-])cc1OC. The van der Waals surface area contributed by atoms with Crippen molar-refractivity contribution in [2.24, 2.45) is 5.10 Å². The lowest BCUT2D eigenvalue weighted by Crippen LogP contribution is -2.17. The minimum absolute atomic E-state index is 0.0957. The van der Waals surface area contributed by atoms with E-state index in [0.717, 1.165) is 0 Å². The number of methoxy groups -OCH3 is 2. The van der Waals surface area contributed by atoms with Crippen molar-refractivity contribution in [2.75, 3.05) is 14.2 Å². The van der Waals surface area contributed by atoms with Gasteiger partial charge in [-0.25, -0.2) is 5.43 Å². The van der Waals surface area contributed by atoms with Crippen molar-refractivity contribution in [1.82, 2.24) is 5.43 Å². The molecule has 8 heteroatoms. The maximum Gasteiger partial charge on any atom is 0.278 e. The quantitative estimate of drug-likeness (QED) is 0.498. The number of hydrogen-bond acceptors (Lipinski definition) is 6. The zero-order valence-electron chi connectivity index (χ0n) is 13.1. The van der Waals surface area contributed by atoms with Gasteiger partial charge in [-0.2, -0.15) is 5.10 Å². The van der Waals surface area contributed by atoms with E-state index in [1.54, 1.807) is 24.3 Å². The van der Waals surface area contributed by atoms with E-state index in [-0.39, 0.29) is 11.3 Å². The van der Waals surface area contributed by atoms with Gasteiger partial charge in [0.25, 0.3) is 11.6 Å². The van der Waals surface area contributed by atoms with Crippen LogP contribution in [0.3, 0.4) is 0 Å². The Labute approximate surface area is 137 Å². The minimum Gasteiger partial charge on any atom is -0.493 e. The van der Waals surface area contributed by atoms with Gasteiger partial charge in [0.05, 0.1) is 30.9 Å². The normalized spacial score (nSPS) is 10.4. The molecule has 0 unspecified atom stereocenters. The number of nitrogens with zero attached hydrogens (tertiary/aromatic N) is 2. The highest BCUT2D eigenvalue weighted by atomic mass is 16.6. The highest BCUT2D eigenvalue weighted by molar-refractivity contribution is 5.95. The van der Waals surface area contributed by atoms with E-state index in [9.17, 15) is 14.9 Å². The molecule has 0 aliphatic rings. The summed E-state index contributed by atoms with van der Waals surface area (Å²) in [5.74, 6) is 0.427. The standard InChI is InChI=1S/C16H15N3O5/c1-23-14-8-7-11(9-15(14)24-2)16(20)18-17-10-12-5-3-4-6-13(12)19(21)22/h3-10H,1-2H3,(H,18,20). The zero-order valence-corrected chi connectivity index (χ0v) is 13.1. The third kappa shape index (κ3) is 3.86. The van der Waals surface area contributed by atoms with Crippen molar-refractivity contribution < 1.29 is 19.2 Å². The molecule has 0 aliphatic carbocycles. The van der Waals surface area contributed by atoms with Gasteiger partial charge in [-0.15, -0.1) is 0 Å². The molecule has 1 N–H and O–H groups in total. The number of ether oxygens (including phenoxy) is 2. The second kappa shape index (κ2) is 7.73. The Bertz CT molecular complexity index is 789. The first kappa shape index (κ1) is 16.9. The number of nitrogens with one attached hydrogen (secondary N) is 1. The number of nitro groups is 1. The maximum atomic E-state index is 12.1. The molecule has 2 aromatic carbocycles. The van der Waals surface area contributed by atoms with Gasteiger partial charge in [-0.05, 0) is 24.3 Å². The molecule has 124 valence electrons. The first-order chi connectivity index (χ1) is 11.6. The van der Waals surface area contributed by atoms with E-state index < -0.39 is 10.8 Å². The molecule has 0 aromatic heterocycles. The first-order valence-electron chi connectivity index (χ1n) is 6.85. The fourth-order valence-corrected chi connectivity index (χ4v) is 1.97. The summed E-state index contributed by atoms with van der Waals surface area (Å²) in [7, 11) is 2.96. The molecule has 0 radical (unpaired) electrons. The summed E-state index contributed by atoms with van der Waals surface area (Å²) in [5.41, 5.74) is 2.82. The highest BCUT2D eigenvalue weighted by Crippen LogP contribution is 2.27. The molecular weight excluding hydrogens is 314 g/mol. The smallest absolute Gasteiger partial charge is 0.278 e. The number of benzene rings is 2. The predicted molar refractivity (Wildman–Crippen MR) is 87.7 cm³/mol. The Balaban J connectivity index is 2.12. The molecule has 0 bridgehead atoms. The molecule has 0 fully saturated rings. The summed E-state index contributed by atoms with van der Waals surface area (Å²) in [6, 6.07) is 10.7. The van der Waals surface area contributed by atoms with Crippen LogP contribution in [-0.2, 0) is 0 Å². The lowest BCUT2D eigenvalue weighted by molar-refractivity contribution is -0.385. The minimum atomic E-state index is -0.516.